The Labute approximate surface area is 129 Å². The van der Waals surface area contributed by atoms with Crippen molar-refractivity contribution in [1.82, 2.24) is 5.32 Å². The summed E-state index contributed by atoms with van der Waals surface area (Å²) in [6.07, 6.45) is 0. The molecule has 1 rings (SSSR count). The first-order valence-electron chi connectivity index (χ1n) is 7.73. The molecule has 0 aromatic heterocycles. The summed E-state index contributed by atoms with van der Waals surface area (Å²) < 4.78 is 5.33. The molecular weight excluding hydrogens is 262 g/mol. The minimum atomic E-state index is -0.803. The molecular formula is C18H29NO2. The van der Waals surface area contributed by atoms with E-state index in [4.69, 9.17) is 4.74 Å². The van der Waals surface area contributed by atoms with Crippen molar-refractivity contribution in [1.29, 1.82) is 0 Å². The molecule has 0 aliphatic carbocycles. The average molecular weight is 291 g/mol. The first kappa shape index (κ1) is 17.7. The van der Waals surface area contributed by atoms with E-state index in [1.165, 1.54) is 5.56 Å². The van der Waals surface area contributed by atoms with Crippen LogP contribution in [0.1, 0.15) is 49.9 Å². The SMILES string of the molecule is CCOC(=O)C(C)(NCC(C)C)c1c(C)cc(C)cc1C. The maximum Gasteiger partial charge on any atom is 0.330 e. The van der Waals surface area contributed by atoms with E-state index in [2.05, 4.69) is 52.1 Å². The number of esters is 1. The van der Waals surface area contributed by atoms with Crippen LogP contribution in [-0.2, 0) is 15.1 Å². The van der Waals surface area contributed by atoms with Crippen LogP contribution in [0.2, 0.25) is 0 Å². The Kier molecular flexibility index (Phi) is 5.97. The molecule has 0 saturated carbocycles. The van der Waals surface area contributed by atoms with Crippen LogP contribution in [0.25, 0.3) is 0 Å². The summed E-state index contributed by atoms with van der Waals surface area (Å²) in [6, 6.07) is 4.24. The van der Waals surface area contributed by atoms with E-state index in [9.17, 15) is 4.79 Å². The summed E-state index contributed by atoms with van der Waals surface area (Å²) >= 11 is 0. The molecule has 21 heavy (non-hydrogen) atoms. The molecule has 0 amide bonds. The zero-order valence-corrected chi connectivity index (χ0v) is 14.5. The lowest BCUT2D eigenvalue weighted by Gasteiger charge is -2.33. The number of benzene rings is 1. The van der Waals surface area contributed by atoms with Crippen molar-refractivity contribution in [2.75, 3.05) is 13.2 Å². The largest absolute Gasteiger partial charge is 0.464 e. The summed E-state index contributed by atoms with van der Waals surface area (Å²) in [5, 5.41) is 3.42. The third-order valence-corrected chi connectivity index (χ3v) is 3.72. The van der Waals surface area contributed by atoms with Crippen LogP contribution in [-0.4, -0.2) is 19.1 Å². The molecule has 1 unspecified atom stereocenters. The summed E-state index contributed by atoms with van der Waals surface area (Å²) in [5.74, 6) is 0.255. The molecule has 0 saturated heterocycles. The maximum absolute atomic E-state index is 12.6. The van der Waals surface area contributed by atoms with Crippen LogP contribution >= 0.6 is 0 Å². The van der Waals surface area contributed by atoms with Gasteiger partial charge in [-0.25, -0.2) is 4.79 Å². The smallest absolute Gasteiger partial charge is 0.330 e. The van der Waals surface area contributed by atoms with E-state index in [0.29, 0.717) is 12.5 Å². The Morgan fingerprint density at radius 2 is 1.76 bits per heavy atom. The van der Waals surface area contributed by atoms with Crippen molar-refractivity contribution < 1.29 is 9.53 Å². The molecule has 0 aliphatic rings. The van der Waals surface area contributed by atoms with Gasteiger partial charge in [-0.1, -0.05) is 31.5 Å². The van der Waals surface area contributed by atoms with Crippen molar-refractivity contribution >= 4 is 5.97 Å². The fraction of sp³-hybridized carbons (Fsp3) is 0.611. The van der Waals surface area contributed by atoms with Gasteiger partial charge in [0.05, 0.1) is 6.61 Å². The predicted octanol–water partition coefficient (Wildman–Crippen LogP) is 3.64. The maximum atomic E-state index is 12.6. The Morgan fingerprint density at radius 1 is 1.24 bits per heavy atom. The number of aryl methyl sites for hydroxylation is 3. The van der Waals surface area contributed by atoms with Gasteiger partial charge in [0, 0.05) is 0 Å². The van der Waals surface area contributed by atoms with Gasteiger partial charge in [-0.2, -0.15) is 0 Å². The van der Waals surface area contributed by atoms with Gasteiger partial charge in [0.2, 0.25) is 0 Å². The Bertz CT molecular complexity index is 485. The number of nitrogens with one attached hydrogen (secondary N) is 1. The van der Waals surface area contributed by atoms with Crippen LogP contribution < -0.4 is 5.32 Å². The van der Waals surface area contributed by atoms with Gasteiger partial charge in [0.15, 0.2) is 0 Å². The number of hydrogen-bond donors (Lipinski definition) is 1. The lowest BCUT2D eigenvalue weighted by atomic mass is 9.84. The normalized spacial score (nSPS) is 14.1. The molecule has 1 aromatic carbocycles. The summed E-state index contributed by atoms with van der Waals surface area (Å²) in [4.78, 5) is 12.6. The van der Waals surface area contributed by atoms with Crippen LogP contribution in [0, 0.1) is 26.7 Å². The Hall–Kier alpha value is -1.35. The van der Waals surface area contributed by atoms with Crippen LogP contribution in [0.3, 0.4) is 0 Å². The van der Waals surface area contributed by atoms with Gasteiger partial charge in [-0.15, -0.1) is 0 Å². The molecule has 1 N–H and O–H groups in total. The number of ether oxygens (including phenoxy) is 1. The quantitative estimate of drug-likeness (QED) is 0.813. The molecule has 1 atom stereocenters. The van der Waals surface area contributed by atoms with Gasteiger partial charge in [0.1, 0.15) is 5.54 Å². The molecule has 0 fully saturated rings. The molecule has 3 heteroatoms. The van der Waals surface area contributed by atoms with Crippen molar-refractivity contribution in [3.05, 3.63) is 34.4 Å². The van der Waals surface area contributed by atoms with Crippen molar-refractivity contribution in [2.24, 2.45) is 5.92 Å². The number of hydrogen-bond acceptors (Lipinski definition) is 3. The molecule has 0 radical (unpaired) electrons. The average Bonchev–Trinajstić information content (AvgIpc) is 2.35. The third kappa shape index (κ3) is 4.07. The molecule has 1 aromatic rings. The lowest BCUT2D eigenvalue weighted by molar-refractivity contribution is -0.151. The first-order chi connectivity index (χ1) is 9.72. The van der Waals surface area contributed by atoms with E-state index >= 15 is 0 Å². The fourth-order valence-corrected chi connectivity index (χ4v) is 2.91. The summed E-state index contributed by atoms with van der Waals surface area (Å²) in [7, 11) is 0. The fourth-order valence-electron chi connectivity index (χ4n) is 2.91. The molecule has 118 valence electrons. The van der Waals surface area contributed by atoms with Gasteiger partial charge >= 0.3 is 5.97 Å². The monoisotopic (exact) mass is 291 g/mol. The van der Waals surface area contributed by atoms with Crippen LogP contribution in [0.5, 0.6) is 0 Å². The lowest BCUT2D eigenvalue weighted by Crippen LogP contribution is -2.50. The molecule has 0 aliphatic heterocycles. The highest BCUT2D eigenvalue weighted by Gasteiger charge is 2.38. The van der Waals surface area contributed by atoms with Gasteiger partial charge in [-0.05, 0) is 63.8 Å². The third-order valence-electron chi connectivity index (χ3n) is 3.72. The minimum Gasteiger partial charge on any atom is -0.464 e. The van der Waals surface area contributed by atoms with Crippen molar-refractivity contribution in [2.45, 2.75) is 54.0 Å². The zero-order valence-electron chi connectivity index (χ0n) is 14.5. The predicted molar refractivity (Wildman–Crippen MR) is 87.5 cm³/mol. The van der Waals surface area contributed by atoms with E-state index in [1.807, 2.05) is 13.8 Å². The molecule has 3 nitrogen and oxygen atoms in total. The van der Waals surface area contributed by atoms with E-state index < -0.39 is 5.54 Å². The van der Waals surface area contributed by atoms with E-state index in [-0.39, 0.29) is 5.97 Å². The highest BCUT2D eigenvalue weighted by atomic mass is 16.5. The summed E-state index contributed by atoms with van der Waals surface area (Å²) in [6.45, 7) is 15.4. The molecule has 0 bridgehead atoms. The second-order valence-electron chi connectivity index (χ2n) is 6.39. The summed E-state index contributed by atoms with van der Waals surface area (Å²) in [5.41, 5.74) is 3.69. The number of carbonyl (C=O) groups excluding carboxylic acids is 1. The minimum absolute atomic E-state index is 0.208. The van der Waals surface area contributed by atoms with Crippen molar-refractivity contribution in [3.8, 4) is 0 Å². The molecule has 0 spiro atoms. The van der Waals surface area contributed by atoms with Crippen LogP contribution in [0.4, 0.5) is 0 Å². The van der Waals surface area contributed by atoms with Gasteiger partial charge in [0.25, 0.3) is 0 Å². The van der Waals surface area contributed by atoms with Gasteiger partial charge < -0.3 is 4.74 Å². The van der Waals surface area contributed by atoms with Gasteiger partial charge in [-0.3, -0.25) is 5.32 Å². The highest BCUT2D eigenvalue weighted by Crippen LogP contribution is 2.30. The van der Waals surface area contributed by atoms with Crippen LogP contribution in [0.15, 0.2) is 12.1 Å². The number of rotatable bonds is 6. The standard InChI is InChI=1S/C18H29NO2/c1-8-21-17(20)18(7,19-11-12(2)3)16-14(5)9-13(4)10-15(16)6/h9-10,12,19H,8,11H2,1-7H3. The van der Waals surface area contributed by atoms with Crippen molar-refractivity contribution in [3.63, 3.8) is 0 Å². The van der Waals surface area contributed by atoms with E-state index in [0.717, 1.165) is 23.2 Å². The highest BCUT2D eigenvalue weighted by molar-refractivity contribution is 5.83. The zero-order chi connectivity index (χ0) is 16.2. The Morgan fingerprint density at radius 3 is 2.19 bits per heavy atom. The topological polar surface area (TPSA) is 38.3 Å². The van der Waals surface area contributed by atoms with E-state index in [1.54, 1.807) is 0 Å². The molecule has 0 heterocycles. The number of carbonyl (C=O) groups is 1. The first-order valence-corrected chi connectivity index (χ1v) is 7.73. The second-order valence-corrected chi connectivity index (χ2v) is 6.39. The second kappa shape index (κ2) is 7.08. The Balaban J connectivity index is 3.33.